The molecule has 0 aliphatic carbocycles. The molecule has 39 heavy (non-hydrogen) atoms. The Hall–Kier alpha value is -4.53. The Bertz CT molecular complexity index is 1490. The Kier molecular flexibility index (Phi) is 8.09. The highest BCUT2D eigenvalue weighted by molar-refractivity contribution is 6.03. The number of Topliss-reactive ketones (excluding diaryl/α,β-unsaturated/α-hetero) is 1. The fourth-order valence-corrected chi connectivity index (χ4v) is 4.24. The van der Waals surface area contributed by atoms with E-state index in [2.05, 4.69) is 15.6 Å². The topological polar surface area (TPSA) is 106 Å². The molecule has 202 valence electrons. The average Bonchev–Trinajstić information content (AvgIpc) is 3.34. The highest BCUT2D eigenvalue weighted by Crippen LogP contribution is 2.31. The van der Waals surface area contributed by atoms with Gasteiger partial charge in [-0.3, -0.25) is 19.3 Å². The summed E-state index contributed by atoms with van der Waals surface area (Å²) in [4.78, 5) is 41.8. The number of methoxy groups -OCH3 is 1. The van der Waals surface area contributed by atoms with Gasteiger partial charge >= 0.3 is 0 Å². The number of carbonyl (C=O) groups is 3. The lowest BCUT2D eigenvalue weighted by Crippen LogP contribution is -2.51. The van der Waals surface area contributed by atoms with Crippen LogP contribution in [0, 0.1) is 0 Å². The van der Waals surface area contributed by atoms with Gasteiger partial charge in [0.2, 0.25) is 11.8 Å². The Morgan fingerprint density at radius 3 is 2.41 bits per heavy atom. The lowest BCUT2D eigenvalue weighted by atomic mass is 9.97. The van der Waals surface area contributed by atoms with Crippen molar-refractivity contribution >= 4 is 34.3 Å². The van der Waals surface area contributed by atoms with Crippen LogP contribution >= 0.6 is 0 Å². The Labute approximate surface area is 227 Å². The molecule has 1 heterocycles. The summed E-state index contributed by atoms with van der Waals surface area (Å²) in [5.41, 5.74) is 2.28. The van der Waals surface area contributed by atoms with Crippen LogP contribution in [0.1, 0.15) is 56.1 Å². The highest BCUT2D eigenvalue weighted by Gasteiger charge is 2.35. The number of nitrogens with zero attached hydrogens (tertiary/aromatic N) is 4. The Balaban J connectivity index is 1.86. The van der Waals surface area contributed by atoms with Gasteiger partial charge in [0.1, 0.15) is 23.9 Å². The molecule has 4 rings (SSSR count). The van der Waals surface area contributed by atoms with Gasteiger partial charge in [-0.1, -0.05) is 48.5 Å². The number of ether oxygens (including phenoxy) is 1. The predicted molar refractivity (Wildman–Crippen MR) is 150 cm³/mol. The number of nitrogens with one attached hydrogen (secondary N) is 1. The van der Waals surface area contributed by atoms with Crippen molar-refractivity contribution in [3.8, 4) is 5.75 Å². The molecule has 3 aromatic carbocycles. The summed E-state index contributed by atoms with van der Waals surface area (Å²) in [7, 11) is 1.56. The fraction of sp³-hybridized carbons (Fsp3) is 0.300. The smallest absolute Gasteiger partial charge is 0.249 e. The van der Waals surface area contributed by atoms with E-state index in [-0.39, 0.29) is 18.2 Å². The first-order valence-electron chi connectivity index (χ1n) is 12.8. The summed E-state index contributed by atoms with van der Waals surface area (Å²) in [5.74, 6) is -0.268. The quantitative estimate of drug-likeness (QED) is 0.299. The van der Waals surface area contributed by atoms with Crippen molar-refractivity contribution in [3.63, 3.8) is 0 Å². The number of aromatic nitrogens is 3. The molecule has 0 fully saturated rings. The first kappa shape index (κ1) is 27.5. The van der Waals surface area contributed by atoms with Crippen molar-refractivity contribution in [2.45, 2.75) is 52.2 Å². The van der Waals surface area contributed by atoms with Crippen molar-refractivity contribution in [3.05, 3.63) is 83.9 Å². The van der Waals surface area contributed by atoms with E-state index in [0.29, 0.717) is 40.0 Å². The molecule has 0 aliphatic rings. The van der Waals surface area contributed by atoms with Crippen molar-refractivity contribution < 1.29 is 19.1 Å². The van der Waals surface area contributed by atoms with Crippen LogP contribution in [0.15, 0.2) is 72.8 Å². The maximum atomic E-state index is 14.2. The van der Waals surface area contributed by atoms with Crippen LogP contribution < -0.4 is 15.0 Å². The summed E-state index contributed by atoms with van der Waals surface area (Å²) >= 11 is 0. The number of fused-ring (bicyclic) bond motifs is 1. The van der Waals surface area contributed by atoms with Gasteiger partial charge in [0, 0.05) is 16.8 Å². The van der Waals surface area contributed by atoms with E-state index in [1.807, 2.05) is 45.0 Å². The summed E-state index contributed by atoms with van der Waals surface area (Å²) in [6.07, 6.45) is 0.687. The molecular weight excluding hydrogens is 494 g/mol. The Morgan fingerprint density at radius 2 is 1.74 bits per heavy atom. The molecule has 9 heteroatoms. The van der Waals surface area contributed by atoms with E-state index >= 15 is 0 Å². The zero-order chi connectivity index (χ0) is 28.2. The van der Waals surface area contributed by atoms with Crippen LogP contribution in [0.3, 0.4) is 0 Å². The third-order valence-corrected chi connectivity index (χ3v) is 6.79. The molecule has 0 radical (unpaired) electrons. The monoisotopic (exact) mass is 527 g/mol. The number of benzene rings is 3. The Morgan fingerprint density at radius 1 is 1.03 bits per heavy atom. The first-order chi connectivity index (χ1) is 18.6. The van der Waals surface area contributed by atoms with E-state index in [1.54, 1.807) is 55.6 Å². The normalized spacial score (nSPS) is 12.1. The molecule has 2 amide bonds. The van der Waals surface area contributed by atoms with Crippen LogP contribution in [0.25, 0.3) is 11.0 Å². The van der Waals surface area contributed by atoms with Gasteiger partial charge in [0.15, 0.2) is 5.78 Å². The van der Waals surface area contributed by atoms with E-state index in [1.165, 1.54) is 16.5 Å². The standard InChI is InChI=1S/C30H33N5O4/c1-6-30(3,4)31-29(38)28(21-14-16-24(39-5)17-15-21)35(23-11-9-10-22(18-23)20(2)36)27(37)19-34-26-13-8-7-12-25(26)32-33-34/h7-18,28H,6,19H2,1-5H3,(H,31,38)/t28-/m0/s1. The molecule has 1 N–H and O–H groups in total. The number of amides is 2. The second kappa shape index (κ2) is 11.5. The second-order valence-corrected chi connectivity index (χ2v) is 10.0. The molecule has 4 aromatic rings. The highest BCUT2D eigenvalue weighted by atomic mass is 16.5. The van der Waals surface area contributed by atoms with E-state index in [4.69, 9.17) is 4.74 Å². The number of ketones is 1. The zero-order valence-electron chi connectivity index (χ0n) is 22.8. The van der Waals surface area contributed by atoms with E-state index in [0.717, 1.165) is 0 Å². The summed E-state index contributed by atoms with van der Waals surface area (Å²) < 4.78 is 6.83. The molecule has 1 aromatic heterocycles. The SMILES string of the molecule is CCC(C)(C)NC(=O)[C@H](c1ccc(OC)cc1)N(C(=O)Cn1nnc2ccccc21)c1cccc(C(C)=O)c1. The van der Waals surface area contributed by atoms with Crippen LogP contribution in [0.5, 0.6) is 5.75 Å². The maximum Gasteiger partial charge on any atom is 0.249 e. The van der Waals surface area contributed by atoms with Gasteiger partial charge in [-0.25, -0.2) is 4.68 Å². The lowest BCUT2D eigenvalue weighted by molar-refractivity contribution is -0.128. The average molecular weight is 528 g/mol. The number of anilines is 1. The molecule has 9 nitrogen and oxygen atoms in total. The minimum atomic E-state index is -1.04. The second-order valence-electron chi connectivity index (χ2n) is 10.0. The van der Waals surface area contributed by atoms with Gasteiger partial charge in [0.25, 0.3) is 0 Å². The molecule has 0 bridgehead atoms. The summed E-state index contributed by atoms with van der Waals surface area (Å²) in [5, 5.41) is 11.4. The van der Waals surface area contributed by atoms with Crippen LogP contribution in [-0.2, 0) is 16.1 Å². The minimum absolute atomic E-state index is 0.149. The van der Waals surface area contributed by atoms with Crippen LogP contribution in [0.4, 0.5) is 5.69 Å². The number of carbonyl (C=O) groups excluding carboxylic acids is 3. The molecule has 0 aliphatic heterocycles. The zero-order valence-corrected chi connectivity index (χ0v) is 22.8. The summed E-state index contributed by atoms with van der Waals surface area (Å²) in [6.45, 7) is 7.14. The van der Waals surface area contributed by atoms with E-state index < -0.39 is 17.5 Å². The van der Waals surface area contributed by atoms with Crippen molar-refractivity contribution in [2.24, 2.45) is 0 Å². The number of para-hydroxylation sites is 1. The van der Waals surface area contributed by atoms with Gasteiger partial charge in [-0.15, -0.1) is 5.10 Å². The van der Waals surface area contributed by atoms with Crippen molar-refractivity contribution in [1.82, 2.24) is 20.3 Å². The molecule has 0 spiro atoms. The molecule has 0 unspecified atom stereocenters. The van der Waals surface area contributed by atoms with Crippen LogP contribution in [-0.4, -0.2) is 45.2 Å². The lowest BCUT2D eigenvalue weighted by Gasteiger charge is -2.35. The fourth-order valence-electron chi connectivity index (χ4n) is 4.24. The van der Waals surface area contributed by atoms with E-state index in [9.17, 15) is 14.4 Å². The molecular formula is C30H33N5O4. The minimum Gasteiger partial charge on any atom is -0.497 e. The number of hydrogen-bond acceptors (Lipinski definition) is 6. The van der Waals surface area contributed by atoms with Gasteiger partial charge in [-0.05, 0) is 69.2 Å². The van der Waals surface area contributed by atoms with Crippen molar-refractivity contribution in [2.75, 3.05) is 12.0 Å². The predicted octanol–water partition coefficient (Wildman–Crippen LogP) is 4.72. The third-order valence-electron chi connectivity index (χ3n) is 6.79. The van der Waals surface area contributed by atoms with Crippen molar-refractivity contribution in [1.29, 1.82) is 0 Å². The van der Waals surface area contributed by atoms with Gasteiger partial charge in [-0.2, -0.15) is 0 Å². The molecule has 0 saturated carbocycles. The molecule has 1 atom stereocenters. The number of rotatable bonds is 10. The molecule has 0 saturated heterocycles. The van der Waals surface area contributed by atoms with Crippen LogP contribution in [0.2, 0.25) is 0 Å². The first-order valence-corrected chi connectivity index (χ1v) is 12.8. The third kappa shape index (κ3) is 6.14. The maximum absolute atomic E-state index is 14.2. The summed E-state index contributed by atoms with van der Waals surface area (Å²) in [6, 6.07) is 20.1. The largest absolute Gasteiger partial charge is 0.497 e. The number of hydrogen-bond donors (Lipinski definition) is 1. The van der Waals surface area contributed by atoms with Gasteiger partial charge in [0.05, 0.1) is 12.6 Å². The van der Waals surface area contributed by atoms with Gasteiger partial charge < -0.3 is 10.1 Å².